The lowest BCUT2D eigenvalue weighted by Crippen LogP contribution is -2.53. The molecule has 134 valence electrons. The van der Waals surface area contributed by atoms with Gasteiger partial charge in [-0.15, -0.1) is 0 Å². The van der Waals surface area contributed by atoms with Crippen molar-refractivity contribution in [1.29, 1.82) is 0 Å². The van der Waals surface area contributed by atoms with Gasteiger partial charge in [0.05, 0.1) is 13.2 Å². The van der Waals surface area contributed by atoms with Gasteiger partial charge in [0.25, 0.3) is 0 Å². The number of hydrogen-bond acceptors (Lipinski definition) is 4. The third-order valence-electron chi connectivity index (χ3n) is 4.83. The molecule has 1 saturated heterocycles. The second-order valence-corrected chi connectivity index (χ2v) is 7.57. The number of thioether (sulfide) groups is 1. The van der Waals surface area contributed by atoms with Crippen LogP contribution in [0.2, 0.25) is 0 Å². The second kappa shape index (κ2) is 10.4. The SMILES string of the molecule is CCNC(=NCC1(N2CCSCC2)CCCC1)NCCOCC. The normalized spacial score (nSPS) is 22.3. The highest BCUT2D eigenvalue weighted by Crippen LogP contribution is 2.37. The standard InChI is InChI=1S/C17H34N4OS/c1-3-18-16(19-9-12-22-4-2)20-15-17(7-5-6-8-17)21-10-13-23-14-11-21/h3-15H2,1-2H3,(H2,18,19,20). The molecule has 0 radical (unpaired) electrons. The number of rotatable bonds is 8. The van der Waals surface area contributed by atoms with Gasteiger partial charge >= 0.3 is 0 Å². The maximum atomic E-state index is 5.40. The molecule has 6 heteroatoms. The monoisotopic (exact) mass is 342 g/mol. The van der Waals surface area contributed by atoms with Crippen molar-refractivity contribution in [3.05, 3.63) is 0 Å². The molecule has 2 aliphatic rings. The summed E-state index contributed by atoms with van der Waals surface area (Å²) >= 11 is 2.09. The molecule has 1 heterocycles. The van der Waals surface area contributed by atoms with Gasteiger partial charge in [-0.3, -0.25) is 9.89 Å². The first-order chi connectivity index (χ1) is 11.3. The molecular formula is C17H34N4OS. The third-order valence-corrected chi connectivity index (χ3v) is 5.78. The summed E-state index contributed by atoms with van der Waals surface area (Å²) in [7, 11) is 0. The van der Waals surface area contributed by atoms with E-state index in [-0.39, 0.29) is 0 Å². The Bertz CT molecular complexity index is 353. The summed E-state index contributed by atoms with van der Waals surface area (Å²) in [5.74, 6) is 3.49. The van der Waals surface area contributed by atoms with Crippen molar-refractivity contribution < 1.29 is 4.74 Å². The minimum Gasteiger partial charge on any atom is -0.380 e. The summed E-state index contributed by atoms with van der Waals surface area (Å²) in [6, 6.07) is 0. The van der Waals surface area contributed by atoms with Crippen LogP contribution in [0.1, 0.15) is 39.5 Å². The quantitative estimate of drug-likeness (QED) is 0.401. The number of aliphatic imine (C=N–C) groups is 1. The first-order valence-corrected chi connectivity index (χ1v) is 10.4. The van der Waals surface area contributed by atoms with Crippen LogP contribution in [-0.2, 0) is 4.74 Å². The molecule has 2 rings (SSSR count). The van der Waals surface area contributed by atoms with E-state index in [1.165, 1.54) is 50.3 Å². The average Bonchev–Trinajstić information content (AvgIpc) is 3.07. The molecule has 1 aliphatic heterocycles. The van der Waals surface area contributed by atoms with Gasteiger partial charge in [0, 0.05) is 49.8 Å². The van der Waals surface area contributed by atoms with Crippen LogP contribution in [0.4, 0.5) is 0 Å². The highest BCUT2D eigenvalue weighted by atomic mass is 32.2. The van der Waals surface area contributed by atoms with Crippen LogP contribution in [0.3, 0.4) is 0 Å². The average molecular weight is 343 g/mol. The Morgan fingerprint density at radius 3 is 2.57 bits per heavy atom. The van der Waals surface area contributed by atoms with E-state index in [1.807, 2.05) is 6.92 Å². The maximum absolute atomic E-state index is 5.40. The third kappa shape index (κ3) is 5.84. The van der Waals surface area contributed by atoms with Gasteiger partial charge < -0.3 is 15.4 Å². The van der Waals surface area contributed by atoms with Gasteiger partial charge in [0.2, 0.25) is 0 Å². The number of guanidine groups is 1. The molecule has 2 fully saturated rings. The zero-order chi connectivity index (χ0) is 16.4. The summed E-state index contributed by atoms with van der Waals surface area (Å²) in [5, 5.41) is 6.76. The van der Waals surface area contributed by atoms with Crippen LogP contribution >= 0.6 is 11.8 Å². The van der Waals surface area contributed by atoms with E-state index < -0.39 is 0 Å². The Balaban J connectivity index is 1.93. The molecule has 0 bridgehead atoms. The zero-order valence-electron chi connectivity index (χ0n) is 14.9. The fourth-order valence-corrected chi connectivity index (χ4v) is 4.50. The minimum absolute atomic E-state index is 0.309. The minimum atomic E-state index is 0.309. The largest absolute Gasteiger partial charge is 0.380 e. The molecule has 0 aromatic heterocycles. The van der Waals surface area contributed by atoms with Gasteiger partial charge in [-0.05, 0) is 26.7 Å². The van der Waals surface area contributed by atoms with Crippen molar-refractivity contribution in [1.82, 2.24) is 15.5 Å². The highest BCUT2D eigenvalue weighted by molar-refractivity contribution is 7.99. The van der Waals surface area contributed by atoms with Crippen molar-refractivity contribution in [2.24, 2.45) is 4.99 Å². The Labute approximate surface area is 146 Å². The van der Waals surface area contributed by atoms with E-state index in [9.17, 15) is 0 Å². The van der Waals surface area contributed by atoms with Gasteiger partial charge in [-0.1, -0.05) is 12.8 Å². The van der Waals surface area contributed by atoms with Crippen molar-refractivity contribution in [3.63, 3.8) is 0 Å². The van der Waals surface area contributed by atoms with Crippen LogP contribution in [-0.4, -0.2) is 73.8 Å². The number of nitrogens with zero attached hydrogens (tertiary/aromatic N) is 2. The molecular weight excluding hydrogens is 308 g/mol. The number of nitrogens with one attached hydrogen (secondary N) is 2. The van der Waals surface area contributed by atoms with E-state index in [2.05, 4.69) is 34.2 Å². The molecule has 0 aromatic carbocycles. The van der Waals surface area contributed by atoms with E-state index in [1.54, 1.807) is 0 Å². The van der Waals surface area contributed by atoms with Crippen LogP contribution in [0.5, 0.6) is 0 Å². The lowest BCUT2D eigenvalue weighted by atomic mass is 9.95. The van der Waals surface area contributed by atoms with Crippen LogP contribution in [0, 0.1) is 0 Å². The Hall–Kier alpha value is -0.460. The Morgan fingerprint density at radius 2 is 1.91 bits per heavy atom. The predicted octanol–water partition coefficient (Wildman–Crippen LogP) is 1.94. The summed E-state index contributed by atoms with van der Waals surface area (Å²) < 4.78 is 5.40. The molecule has 0 spiro atoms. The van der Waals surface area contributed by atoms with E-state index >= 15 is 0 Å². The number of hydrogen-bond donors (Lipinski definition) is 2. The van der Waals surface area contributed by atoms with Crippen molar-refractivity contribution in [2.45, 2.75) is 45.1 Å². The Kier molecular flexibility index (Phi) is 8.55. The van der Waals surface area contributed by atoms with E-state index in [0.717, 1.165) is 38.8 Å². The highest BCUT2D eigenvalue weighted by Gasteiger charge is 2.39. The molecule has 1 aliphatic carbocycles. The smallest absolute Gasteiger partial charge is 0.191 e. The fraction of sp³-hybridized carbons (Fsp3) is 0.941. The molecule has 23 heavy (non-hydrogen) atoms. The zero-order valence-corrected chi connectivity index (χ0v) is 15.7. The first kappa shape index (κ1) is 18.9. The lowest BCUT2D eigenvalue weighted by Gasteiger charge is -2.42. The molecule has 0 aromatic rings. The molecule has 0 amide bonds. The van der Waals surface area contributed by atoms with Crippen molar-refractivity contribution in [2.75, 3.05) is 57.4 Å². The van der Waals surface area contributed by atoms with Gasteiger partial charge in [-0.2, -0.15) is 11.8 Å². The van der Waals surface area contributed by atoms with E-state index in [0.29, 0.717) is 5.54 Å². The molecule has 2 N–H and O–H groups in total. The van der Waals surface area contributed by atoms with Gasteiger partial charge in [0.15, 0.2) is 5.96 Å². The lowest BCUT2D eigenvalue weighted by molar-refractivity contribution is 0.112. The fourth-order valence-electron chi connectivity index (χ4n) is 3.60. The van der Waals surface area contributed by atoms with E-state index in [4.69, 9.17) is 9.73 Å². The summed E-state index contributed by atoms with van der Waals surface area (Å²) in [6.07, 6.45) is 5.32. The Morgan fingerprint density at radius 1 is 1.17 bits per heavy atom. The molecule has 1 saturated carbocycles. The predicted molar refractivity (Wildman–Crippen MR) is 101 cm³/mol. The molecule has 0 atom stereocenters. The van der Waals surface area contributed by atoms with Crippen LogP contribution in [0.25, 0.3) is 0 Å². The van der Waals surface area contributed by atoms with Crippen molar-refractivity contribution >= 4 is 17.7 Å². The van der Waals surface area contributed by atoms with Crippen LogP contribution < -0.4 is 10.6 Å². The summed E-state index contributed by atoms with van der Waals surface area (Å²) in [4.78, 5) is 7.66. The van der Waals surface area contributed by atoms with Gasteiger partial charge in [0.1, 0.15) is 0 Å². The molecule has 0 unspecified atom stereocenters. The van der Waals surface area contributed by atoms with Crippen LogP contribution in [0.15, 0.2) is 4.99 Å². The summed E-state index contributed by atoms with van der Waals surface area (Å²) in [6.45, 7) is 10.7. The second-order valence-electron chi connectivity index (χ2n) is 6.35. The topological polar surface area (TPSA) is 48.9 Å². The van der Waals surface area contributed by atoms with Crippen molar-refractivity contribution in [3.8, 4) is 0 Å². The summed E-state index contributed by atoms with van der Waals surface area (Å²) in [5.41, 5.74) is 0.309. The molecule has 5 nitrogen and oxygen atoms in total. The maximum Gasteiger partial charge on any atom is 0.191 e. The van der Waals surface area contributed by atoms with Gasteiger partial charge in [-0.25, -0.2) is 0 Å². The number of ether oxygens (including phenoxy) is 1. The first-order valence-electron chi connectivity index (χ1n) is 9.23.